The van der Waals surface area contributed by atoms with Crippen LogP contribution in [-0.2, 0) is 0 Å². The van der Waals surface area contributed by atoms with E-state index < -0.39 is 0 Å². The van der Waals surface area contributed by atoms with Crippen LogP contribution in [0.1, 0.15) is 44.2 Å². The lowest BCUT2D eigenvalue weighted by molar-refractivity contribution is 0.296. The van der Waals surface area contributed by atoms with Gasteiger partial charge in [0.1, 0.15) is 0 Å². The quantitative estimate of drug-likeness (QED) is 0.830. The SMILES string of the molecule is Cc1cccc2c1nc(N)n2C1CCC(C)CC1. The summed E-state index contributed by atoms with van der Waals surface area (Å²) >= 11 is 0. The van der Waals surface area contributed by atoms with Crippen molar-refractivity contribution in [3.8, 4) is 0 Å². The topological polar surface area (TPSA) is 43.8 Å². The van der Waals surface area contributed by atoms with Gasteiger partial charge in [0.05, 0.1) is 11.0 Å². The number of nitrogens with two attached hydrogens (primary N) is 1. The Bertz CT molecular complexity index is 562. The summed E-state index contributed by atoms with van der Waals surface area (Å²) < 4.78 is 2.26. The van der Waals surface area contributed by atoms with E-state index in [0.717, 1.165) is 11.4 Å². The van der Waals surface area contributed by atoms with Gasteiger partial charge in [0.25, 0.3) is 0 Å². The van der Waals surface area contributed by atoms with Crippen molar-refractivity contribution < 1.29 is 0 Å². The van der Waals surface area contributed by atoms with E-state index >= 15 is 0 Å². The molecule has 1 aliphatic rings. The summed E-state index contributed by atoms with van der Waals surface area (Å²) in [6, 6.07) is 6.87. The van der Waals surface area contributed by atoms with Crippen molar-refractivity contribution in [1.29, 1.82) is 0 Å². The second kappa shape index (κ2) is 4.30. The maximum absolute atomic E-state index is 6.14. The summed E-state index contributed by atoms with van der Waals surface area (Å²) in [6.45, 7) is 4.44. The van der Waals surface area contributed by atoms with Crippen molar-refractivity contribution in [2.75, 3.05) is 5.73 Å². The molecule has 0 radical (unpaired) electrons. The highest BCUT2D eigenvalue weighted by molar-refractivity contribution is 5.81. The van der Waals surface area contributed by atoms with Crippen LogP contribution in [0, 0.1) is 12.8 Å². The first-order chi connectivity index (χ1) is 8.66. The molecule has 3 nitrogen and oxygen atoms in total. The van der Waals surface area contributed by atoms with Crippen molar-refractivity contribution >= 4 is 17.0 Å². The predicted molar refractivity (Wildman–Crippen MR) is 75.6 cm³/mol. The zero-order valence-electron chi connectivity index (χ0n) is 11.2. The van der Waals surface area contributed by atoms with Crippen LogP contribution < -0.4 is 5.73 Å². The van der Waals surface area contributed by atoms with E-state index in [1.54, 1.807) is 0 Å². The lowest BCUT2D eigenvalue weighted by Gasteiger charge is -2.28. The van der Waals surface area contributed by atoms with Crippen LogP contribution in [0.2, 0.25) is 0 Å². The normalized spacial score (nSPS) is 24.6. The maximum atomic E-state index is 6.14. The first-order valence-corrected chi connectivity index (χ1v) is 6.90. The number of benzene rings is 1. The van der Waals surface area contributed by atoms with Gasteiger partial charge in [-0.15, -0.1) is 0 Å². The number of hydrogen-bond donors (Lipinski definition) is 1. The third-order valence-electron chi connectivity index (χ3n) is 4.30. The first-order valence-electron chi connectivity index (χ1n) is 6.90. The summed E-state index contributed by atoms with van der Waals surface area (Å²) in [6.07, 6.45) is 5.06. The third kappa shape index (κ3) is 1.78. The number of para-hydroxylation sites is 1. The molecule has 1 fully saturated rings. The van der Waals surface area contributed by atoms with Gasteiger partial charge < -0.3 is 10.3 Å². The monoisotopic (exact) mass is 243 g/mol. The minimum absolute atomic E-state index is 0.535. The molecule has 1 aliphatic carbocycles. The Hall–Kier alpha value is -1.51. The molecule has 0 saturated heterocycles. The molecule has 1 saturated carbocycles. The Kier molecular flexibility index (Phi) is 2.77. The summed E-state index contributed by atoms with van der Waals surface area (Å²) in [5.41, 5.74) is 9.61. The average molecular weight is 243 g/mol. The summed E-state index contributed by atoms with van der Waals surface area (Å²) in [5.74, 6) is 1.54. The fraction of sp³-hybridized carbons (Fsp3) is 0.533. The molecule has 96 valence electrons. The van der Waals surface area contributed by atoms with Crippen LogP contribution >= 0.6 is 0 Å². The smallest absolute Gasteiger partial charge is 0.201 e. The van der Waals surface area contributed by atoms with Crippen molar-refractivity contribution in [2.45, 2.75) is 45.6 Å². The van der Waals surface area contributed by atoms with E-state index in [9.17, 15) is 0 Å². The molecular formula is C15H21N3. The molecule has 2 N–H and O–H groups in total. The molecule has 1 aromatic carbocycles. The Morgan fingerprint density at radius 2 is 1.94 bits per heavy atom. The van der Waals surface area contributed by atoms with E-state index in [-0.39, 0.29) is 0 Å². The van der Waals surface area contributed by atoms with Crippen molar-refractivity contribution in [3.05, 3.63) is 23.8 Å². The van der Waals surface area contributed by atoms with Crippen molar-refractivity contribution in [2.24, 2.45) is 5.92 Å². The molecule has 18 heavy (non-hydrogen) atoms. The van der Waals surface area contributed by atoms with Gasteiger partial charge in [-0.1, -0.05) is 19.1 Å². The first kappa shape index (κ1) is 11.6. The molecule has 0 spiro atoms. The third-order valence-corrected chi connectivity index (χ3v) is 4.30. The summed E-state index contributed by atoms with van der Waals surface area (Å²) in [7, 11) is 0. The molecule has 0 unspecified atom stereocenters. The van der Waals surface area contributed by atoms with Gasteiger partial charge in [-0.25, -0.2) is 4.98 Å². The molecule has 0 atom stereocenters. The largest absolute Gasteiger partial charge is 0.369 e. The molecule has 0 amide bonds. The van der Waals surface area contributed by atoms with Gasteiger partial charge >= 0.3 is 0 Å². The number of aromatic nitrogens is 2. The van der Waals surface area contributed by atoms with Gasteiger partial charge in [-0.2, -0.15) is 0 Å². The Morgan fingerprint density at radius 3 is 2.67 bits per heavy atom. The van der Waals surface area contributed by atoms with Gasteiger partial charge in [-0.05, 0) is 50.2 Å². The summed E-state index contributed by atoms with van der Waals surface area (Å²) in [4.78, 5) is 4.55. The standard InChI is InChI=1S/C15H21N3/c1-10-6-8-12(9-7-10)18-13-5-3-4-11(2)14(13)17-15(18)16/h3-5,10,12H,6-9H2,1-2H3,(H2,16,17). The number of rotatable bonds is 1. The summed E-state index contributed by atoms with van der Waals surface area (Å²) in [5, 5.41) is 0. The van der Waals surface area contributed by atoms with Crippen molar-refractivity contribution in [3.63, 3.8) is 0 Å². The molecule has 3 heteroatoms. The number of anilines is 1. The highest BCUT2D eigenvalue weighted by atomic mass is 15.2. The van der Waals surface area contributed by atoms with E-state index in [2.05, 4.69) is 41.6 Å². The van der Waals surface area contributed by atoms with E-state index in [1.807, 2.05) is 0 Å². The van der Waals surface area contributed by atoms with E-state index in [1.165, 1.54) is 36.8 Å². The lowest BCUT2D eigenvalue weighted by Crippen LogP contribution is -2.18. The van der Waals surface area contributed by atoms with Gasteiger partial charge in [0.15, 0.2) is 0 Å². The second-order valence-corrected chi connectivity index (χ2v) is 5.70. The van der Waals surface area contributed by atoms with Gasteiger partial charge in [0.2, 0.25) is 5.95 Å². The van der Waals surface area contributed by atoms with Crippen molar-refractivity contribution in [1.82, 2.24) is 9.55 Å². The van der Waals surface area contributed by atoms with Crippen LogP contribution in [-0.4, -0.2) is 9.55 Å². The van der Waals surface area contributed by atoms with Gasteiger partial charge in [0, 0.05) is 6.04 Å². The zero-order valence-corrected chi connectivity index (χ0v) is 11.2. The minimum Gasteiger partial charge on any atom is -0.369 e. The Morgan fingerprint density at radius 1 is 1.22 bits per heavy atom. The molecule has 3 rings (SSSR count). The molecular weight excluding hydrogens is 222 g/mol. The van der Waals surface area contributed by atoms with Crippen LogP contribution in [0.25, 0.3) is 11.0 Å². The number of aryl methyl sites for hydroxylation is 1. The molecule has 2 aromatic rings. The van der Waals surface area contributed by atoms with E-state index in [0.29, 0.717) is 12.0 Å². The van der Waals surface area contributed by atoms with Crippen LogP contribution in [0.5, 0.6) is 0 Å². The van der Waals surface area contributed by atoms with E-state index in [4.69, 9.17) is 5.73 Å². The molecule has 0 aliphatic heterocycles. The van der Waals surface area contributed by atoms with Crippen LogP contribution in [0.3, 0.4) is 0 Å². The zero-order chi connectivity index (χ0) is 12.7. The Balaban J connectivity index is 2.06. The molecule has 1 heterocycles. The number of nitrogens with zero attached hydrogens (tertiary/aromatic N) is 2. The minimum atomic E-state index is 0.535. The molecule has 0 bridgehead atoms. The highest BCUT2D eigenvalue weighted by Gasteiger charge is 2.23. The number of fused-ring (bicyclic) bond motifs is 1. The second-order valence-electron chi connectivity index (χ2n) is 5.70. The fourth-order valence-corrected chi connectivity index (χ4v) is 3.16. The highest BCUT2D eigenvalue weighted by Crippen LogP contribution is 2.36. The maximum Gasteiger partial charge on any atom is 0.201 e. The van der Waals surface area contributed by atoms with Crippen LogP contribution in [0.4, 0.5) is 5.95 Å². The lowest BCUT2D eigenvalue weighted by atomic mass is 9.87. The van der Waals surface area contributed by atoms with Crippen LogP contribution in [0.15, 0.2) is 18.2 Å². The number of hydrogen-bond acceptors (Lipinski definition) is 2. The fourth-order valence-electron chi connectivity index (χ4n) is 3.16. The molecule has 1 aromatic heterocycles. The Labute approximate surface area is 108 Å². The predicted octanol–water partition coefficient (Wildman–Crippen LogP) is 3.68. The van der Waals surface area contributed by atoms with Gasteiger partial charge in [-0.3, -0.25) is 0 Å². The average Bonchev–Trinajstić information content (AvgIpc) is 2.69. The number of nitrogen functional groups attached to an aromatic ring is 1. The number of imidazole rings is 1.